The molecule has 1 saturated heterocycles. The third kappa shape index (κ3) is 10.3. The van der Waals surface area contributed by atoms with Gasteiger partial charge in [-0.25, -0.2) is 8.78 Å². The molecule has 1 aliphatic heterocycles. The van der Waals surface area contributed by atoms with Crippen molar-refractivity contribution < 1.29 is 31.5 Å². The average Bonchev–Trinajstić information content (AvgIpc) is 3.59. The van der Waals surface area contributed by atoms with E-state index in [0.29, 0.717) is 30.6 Å². The molecule has 0 bridgehead atoms. The minimum absolute atomic E-state index is 0.0267. The molecule has 0 aliphatic carbocycles. The van der Waals surface area contributed by atoms with Crippen molar-refractivity contribution in [3.8, 4) is 11.1 Å². The summed E-state index contributed by atoms with van der Waals surface area (Å²) in [6.45, 7) is 2.99. The number of halogens is 5. The first-order chi connectivity index (χ1) is 26.4. The third-order valence-electron chi connectivity index (χ3n) is 9.66. The SMILES string of the molecule is COCCN1CCC(N(Cc2ccc(-c3ccc(C(F)(F)F)cc3)cc2)C(=O)Cn2cc(Cc3cnn(C)c3)c(=O)nc2SCc2cccc(F)c2F)CC1. The number of methoxy groups -OCH3 is 1. The number of ether oxygens (including phenoxy) is 1. The van der Waals surface area contributed by atoms with E-state index in [1.54, 1.807) is 42.0 Å². The van der Waals surface area contributed by atoms with Crippen LogP contribution in [0.5, 0.6) is 0 Å². The van der Waals surface area contributed by atoms with Gasteiger partial charge in [0.05, 0.1) is 18.4 Å². The monoisotopic (exact) mass is 780 g/mol. The Morgan fingerprint density at radius 2 is 1.64 bits per heavy atom. The number of aryl methyl sites for hydroxylation is 1. The molecule has 3 aromatic carbocycles. The zero-order valence-electron chi connectivity index (χ0n) is 30.4. The standard InChI is InChI=1S/C40H41F5N6O3S/c1-48-22-28(21-46-48)20-32-24-50(39(47-38(32)53)55-26-31-4-3-5-35(41)37(31)42)25-36(52)51(34-14-16-49(17-15-34)18-19-54-2)23-27-6-8-29(9-7-27)30-10-12-33(13-11-30)40(43,44)45/h3-13,21-22,24,34H,14-20,23,25-26H2,1-2H3. The quantitative estimate of drug-likeness (QED) is 0.0685. The highest BCUT2D eigenvalue weighted by Gasteiger charge is 2.31. The van der Waals surface area contributed by atoms with Gasteiger partial charge >= 0.3 is 6.18 Å². The van der Waals surface area contributed by atoms with Gasteiger partial charge in [-0.1, -0.05) is 60.3 Å². The van der Waals surface area contributed by atoms with Gasteiger partial charge in [0.25, 0.3) is 5.56 Å². The molecule has 5 aromatic rings. The minimum atomic E-state index is -4.43. The molecular weight excluding hydrogens is 740 g/mol. The second-order valence-corrected chi connectivity index (χ2v) is 14.5. The summed E-state index contributed by atoms with van der Waals surface area (Å²) >= 11 is 1.04. The number of nitrogens with zero attached hydrogens (tertiary/aromatic N) is 6. The van der Waals surface area contributed by atoms with Gasteiger partial charge in [0.1, 0.15) is 6.54 Å². The number of likely N-dealkylation sites (tertiary alicyclic amines) is 1. The number of rotatable bonds is 14. The van der Waals surface area contributed by atoms with Crippen molar-refractivity contribution in [2.75, 3.05) is 33.4 Å². The predicted molar refractivity (Wildman–Crippen MR) is 199 cm³/mol. The lowest BCUT2D eigenvalue weighted by molar-refractivity contribution is -0.138. The van der Waals surface area contributed by atoms with Crippen molar-refractivity contribution in [2.45, 2.75) is 55.5 Å². The number of hydrogen-bond acceptors (Lipinski definition) is 7. The Bertz CT molecular complexity index is 2130. The van der Waals surface area contributed by atoms with E-state index in [4.69, 9.17) is 4.74 Å². The molecule has 0 atom stereocenters. The molecule has 9 nitrogen and oxygen atoms in total. The number of alkyl halides is 3. The Morgan fingerprint density at radius 1 is 0.945 bits per heavy atom. The summed E-state index contributed by atoms with van der Waals surface area (Å²) in [6.07, 6.45) is 2.27. The molecule has 55 heavy (non-hydrogen) atoms. The van der Waals surface area contributed by atoms with Crippen LogP contribution in [-0.4, -0.2) is 74.4 Å². The number of piperidine rings is 1. The largest absolute Gasteiger partial charge is 0.416 e. The molecule has 6 rings (SSSR count). The zero-order chi connectivity index (χ0) is 39.1. The highest BCUT2D eigenvalue weighted by atomic mass is 32.2. The Hall–Kier alpha value is -4.86. The van der Waals surface area contributed by atoms with Gasteiger partial charge in [0, 0.05) is 82.1 Å². The van der Waals surface area contributed by atoms with Crippen LogP contribution in [0.25, 0.3) is 11.1 Å². The van der Waals surface area contributed by atoms with Crippen LogP contribution in [0.2, 0.25) is 0 Å². The lowest BCUT2D eigenvalue weighted by Gasteiger charge is -2.39. The van der Waals surface area contributed by atoms with Crippen molar-refractivity contribution in [1.82, 2.24) is 29.1 Å². The van der Waals surface area contributed by atoms with Crippen LogP contribution in [0, 0.1) is 11.6 Å². The topological polar surface area (TPSA) is 85.5 Å². The van der Waals surface area contributed by atoms with E-state index < -0.39 is 28.9 Å². The summed E-state index contributed by atoms with van der Waals surface area (Å²) in [4.78, 5) is 36.2. The Kier molecular flexibility index (Phi) is 12.8. The summed E-state index contributed by atoms with van der Waals surface area (Å²) in [6, 6.07) is 16.1. The normalized spacial score (nSPS) is 14.0. The van der Waals surface area contributed by atoms with Gasteiger partial charge in [-0.3, -0.25) is 14.3 Å². The fourth-order valence-electron chi connectivity index (χ4n) is 6.64. The van der Waals surface area contributed by atoms with E-state index in [2.05, 4.69) is 15.0 Å². The second kappa shape index (κ2) is 17.7. The smallest absolute Gasteiger partial charge is 0.383 e. The molecular formula is C40H41F5N6O3S. The Labute approximate surface area is 319 Å². The van der Waals surface area contributed by atoms with E-state index in [1.807, 2.05) is 29.2 Å². The minimum Gasteiger partial charge on any atom is -0.383 e. The summed E-state index contributed by atoms with van der Waals surface area (Å²) < 4.78 is 76.5. The first kappa shape index (κ1) is 39.8. The number of benzene rings is 3. The molecule has 2 aromatic heterocycles. The lowest BCUT2D eigenvalue weighted by Crippen LogP contribution is -2.48. The molecule has 0 spiro atoms. The molecule has 3 heterocycles. The van der Waals surface area contributed by atoms with Crippen molar-refractivity contribution in [1.29, 1.82) is 0 Å². The molecule has 15 heteroatoms. The van der Waals surface area contributed by atoms with Crippen LogP contribution >= 0.6 is 11.8 Å². The number of hydrogen-bond donors (Lipinski definition) is 0. The number of amides is 1. The Morgan fingerprint density at radius 3 is 2.27 bits per heavy atom. The zero-order valence-corrected chi connectivity index (χ0v) is 31.3. The molecule has 1 fully saturated rings. The molecule has 1 aliphatic rings. The Balaban J connectivity index is 1.28. The van der Waals surface area contributed by atoms with E-state index in [-0.39, 0.29) is 47.9 Å². The van der Waals surface area contributed by atoms with Crippen LogP contribution in [-0.2, 0) is 48.0 Å². The van der Waals surface area contributed by atoms with Gasteiger partial charge in [0.2, 0.25) is 5.91 Å². The first-order valence-electron chi connectivity index (χ1n) is 17.8. The molecule has 1 amide bonds. The van der Waals surface area contributed by atoms with Gasteiger partial charge < -0.3 is 19.1 Å². The maximum absolute atomic E-state index is 14.6. The summed E-state index contributed by atoms with van der Waals surface area (Å²) in [7, 11) is 3.42. The van der Waals surface area contributed by atoms with Crippen molar-refractivity contribution in [3.05, 3.63) is 135 Å². The number of carbonyl (C=O) groups excluding carboxylic acids is 1. The number of aromatic nitrogens is 4. The predicted octanol–water partition coefficient (Wildman–Crippen LogP) is 6.96. The van der Waals surface area contributed by atoms with Crippen LogP contribution in [0.1, 0.15) is 40.7 Å². The molecule has 0 N–H and O–H groups in total. The van der Waals surface area contributed by atoms with Gasteiger partial charge in [-0.2, -0.15) is 23.3 Å². The van der Waals surface area contributed by atoms with E-state index >= 15 is 0 Å². The fraction of sp³-hybridized carbons (Fsp3) is 0.350. The van der Waals surface area contributed by atoms with Crippen LogP contribution < -0.4 is 5.56 Å². The van der Waals surface area contributed by atoms with E-state index in [9.17, 15) is 31.5 Å². The van der Waals surface area contributed by atoms with Gasteiger partial charge in [-0.05, 0) is 53.3 Å². The summed E-state index contributed by atoms with van der Waals surface area (Å²) in [5, 5.41) is 4.37. The maximum atomic E-state index is 14.6. The fourth-order valence-corrected chi connectivity index (χ4v) is 7.58. The van der Waals surface area contributed by atoms with Crippen LogP contribution in [0.4, 0.5) is 22.0 Å². The second-order valence-electron chi connectivity index (χ2n) is 13.5. The van der Waals surface area contributed by atoms with Crippen molar-refractivity contribution >= 4 is 17.7 Å². The molecule has 0 radical (unpaired) electrons. The van der Waals surface area contributed by atoms with Gasteiger partial charge in [0.15, 0.2) is 16.8 Å². The van der Waals surface area contributed by atoms with Crippen LogP contribution in [0.3, 0.4) is 0 Å². The van der Waals surface area contributed by atoms with Gasteiger partial charge in [-0.15, -0.1) is 0 Å². The number of carbonyl (C=O) groups is 1. The third-order valence-corrected chi connectivity index (χ3v) is 10.7. The molecule has 0 saturated carbocycles. The van der Waals surface area contributed by atoms with Crippen molar-refractivity contribution in [3.63, 3.8) is 0 Å². The lowest BCUT2D eigenvalue weighted by atomic mass is 10.00. The highest BCUT2D eigenvalue weighted by molar-refractivity contribution is 7.98. The average molecular weight is 781 g/mol. The molecule has 290 valence electrons. The first-order valence-corrected chi connectivity index (χ1v) is 18.8. The van der Waals surface area contributed by atoms with E-state index in [0.717, 1.165) is 66.3 Å². The van der Waals surface area contributed by atoms with E-state index in [1.165, 1.54) is 24.3 Å². The summed E-state index contributed by atoms with van der Waals surface area (Å²) in [5.74, 6) is -2.22. The summed E-state index contributed by atoms with van der Waals surface area (Å²) in [5.41, 5.74) is 2.20. The number of thioether (sulfide) groups is 1. The van der Waals surface area contributed by atoms with Crippen molar-refractivity contribution in [2.24, 2.45) is 7.05 Å². The van der Waals surface area contributed by atoms with Crippen LogP contribution in [0.15, 0.2) is 95.3 Å². The maximum Gasteiger partial charge on any atom is 0.416 e. The molecule has 0 unspecified atom stereocenters. The highest BCUT2D eigenvalue weighted by Crippen LogP contribution is 2.31.